The Morgan fingerprint density at radius 2 is 1.72 bits per heavy atom. The molecule has 1 aliphatic rings. The molecule has 0 bridgehead atoms. The molecule has 0 amide bonds. The first kappa shape index (κ1) is 17.8. The minimum atomic E-state index is -0.0202. The molecule has 2 unspecified atom stereocenters. The molecular formula is C22H29NO2. The number of phenolic OH excluding ortho intramolecular Hbond substituents is 1. The lowest BCUT2D eigenvalue weighted by Crippen LogP contribution is -2.47. The monoisotopic (exact) mass is 339 g/mol. The highest BCUT2D eigenvalue weighted by molar-refractivity contribution is 5.44. The van der Waals surface area contributed by atoms with Crippen LogP contribution in [0.3, 0.4) is 0 Å². The summed E-state index contributed by atoms with van der Waals surface area (Å²) in [7, 11) is 0. The van der Waals surface area contributed by atoms with Crippen LogP contribution in [0.4, 0.5) is 0 Å². The number of nitrogens with zero attached hydrogens (tertiary/aromatic N) is 1. The highest BCUT2D eigenvalue weighted by Crippen LogP contribution is 2.32. The molecule has 3 heteroatoms. The number of piperidine rings is 1. The van der Waals surface area contributed by atoms with E-state index in [2.05, 4.69) is 42.2 Å². The third-order valence-electron chi connectivity index (χ3n) is 5.09. The zero-order chi connectivity index (χ0) is 17.6. The summed E-state index contributed by atoms with van der Waals surface area (Å²) in [5.74, 6) is 1.19. The predicted octanol–water partition coefficient (Wildman–Crippen LogP) is 4.77. The molecule has 25 heavy (non-hydrogen) atoms. The summed E-state index contributed by atoms with van der Waals surface area (Å²) in [5, 5.41) is 10.4. The first-order valence-electron chi connectivity index (χ1n) is 9.38. The van der Waals surface area contributed by atoms with Crippen molar-refractivity contribution >= 4 is 0 Å². The number of benzene rings is 2. The molecule has 0 aliphatic carbocycles. The van der Waals surface area contributed by atoms with Crippen LogP contribution in [0.25, 0.3) is 0 Å². The summed E-state index contributed by atoms with van der Waals surface area (Å²) < 4.78 is 6.38. The molecule has 0 aromatic heterocycles. The number of aromatic hydroxyl groups is 1. The minimum Gasteiger partial charge on any atom is -0.504 e. The molecule has 134 valence electrons. The lowest BCUT2D eigenvalue weighted by molar-refractivity contribution is -0.0257. The van der Waals surface area contributed by atoms with Gasteiger partial charge in [-0.05, 0) is 43.4 Å². The molecule has 2 atom stereocenters. The second-order valence-corrected chi connectivity index (χ2v) is 7.19. The molecule has 0 spiro atoms. The average Bonchev–Trinajstić information content (AvgIpc) is 2.64. The van der Waals surface area contributed by atoms with Gasteiger partial charge in [0.05, 0.1) is 0 Å². The van der Waals surface area contributed by atoms with Crippen LogP contribution < -0.4 is 4.74 Å². The highest BCUT2D eigenvalue weighted by Gasteiger charge is 2.28. The van der Waals surface area contributed by atoms with Crippen LogP contribution in [0.2, 0.25) is 0 Å². The number of hydrogen-bond donors (Lipinski definition) is 1. The van der Waals surface area contributed by atoms with Crippen molar-refractivity contribution < 1.29 is 9.84 Å². The molecule has 1 fully saturated rings. The average molecular weight is 339 g/mol. The van der Waals surface area contributed by atoms with E-state index in [1.54, 1.807) is 0 Å². The van der Waals surface area contributed by atoms with E-state index in [0.717, 1.165) is 25.1 Å². The summed E-state index contributed by atoms with van der Waals surface area (Å²) in [6, 6.07) is 16.3. The second kappa shape index (κ2) is 8.39. The second-order valence-electron chi connectivity index (χ2n) is 7.19. The van der Waals surface area contributed by atoms with Gasteiger partial charge in [0, 0.05) is 19.0 Å². The van der Waals surface area contributed by atoms with Gasteiger partial charge in [0.15, 0.2) is 17.7 Å². The van der Waals surface area contributed by atoms with Gasteiger partial charge < -0.3 is 9.84 Å². The van der Waals surface area contributed by atoms with E-state index in [4.69, 9.17) is 4.74 Å². The van der Waals surface area contributed by atoms with Crippen molar-refractivity contribution in [1.82, 2.24) is 4.90 Å². The third kappa shape index (κ3) is 4.55. The van der Waals surface area contributed by atoms with Crippen molar-refractivity contribution in [1.29, 1.82) is 0 Å². The fourth-order valence-corrected chi connectivity index (χ4v) is 3.67. The summed E-state index contributed by atoms with van der Waals surface area (Å²) >= 11 is 0. The van der Waals surface area contributed by atoms with Gasteiger partial charge in [0.25, 0.3) is 0 Å². The maximum Gasteiger partial charge on any atom is 0.163 e. The van der Waals surface area contributed by atoms with Crippen LogP contribution in [-0.2, 0) is 6.42 Å². The number of rotatable bonds is 6. The smallest absolute Gasteiger partial charge is 0.163 e. The first-order valence-corrected chi connectivity index (χ1v) is 9.38. The third-order valence-corrected chi connectivity index (χ3v) is 5.09. The Kier molecular flexibility index (Phi) is 5.98. The molecule has 2 aromatic rings. The molecule has 1 aliphatic heterocycles. The van der Waals surface area contributed by atoms with Crippen molar-refractivity contribution in [2.45, 2.75) is 45.8 Å². The van der Waals surface area contributed by atoms with Crippen LogP contribution >= 0.6 is 0 Å². The van der Waals surface area contributed by atoms with Gasteiger partial charge in [-0.25, -0.2) is 0 Å². The molecule has 0 saturated carbocycles. The minimum absolute atomic E-state index is 0.0202. The highest BCUT2D eigenvalue weighted by atomic mass is 16.5. The van der Waals surface area contributed by atoms with E-state index in [1.165, 1.54) is 24.8 Å². The fraction of sp³-hybridized carbons (Fsp3) is 0.455. The van der Waals surface area contributed by atoms with Gasteiger partial charge in [-0.15, -0.1) is 0 Å². The van der Waals surface area contributed by atoms with E-state index in [0.29, 0.717) is 11.7 Å². The topological polar surface area (TPSA) is 32.7 Å². The number of phenols is 1. The standard InChI is InChI=1S/C22H29NO2/c1-17-10-9-13-20(21(17)24)25-22(23-14-7-4-8-15-23)18(2)16-19-11-5-3-6-12-19/h3,5-6,9-13,18,22,24H,4,7-8,14-16H2,1-2H3. The van der Waals surface area contributed by atoms with E-state index in [-0.39, 0.29) is 12.0 Å². The van der Waals surface area contributed by atoms with Crippen LogP contribution in [0.15, 0.2) is 48.5 Å². The Bertz CT molecular complexity index is 665. The zero-order valence-corrected chi connectivity index (χ0v) is 15.3. The van der Waals surface area contributed by atoms with Crippen molar-refractivity contribution in [3.63, 3.8) is 0 Å². The quantitative estimate of drug-likeness (QED) is 0.823. The number of para-hydroxylation sites is 1. The Balaban J connectivity index is 1.80. The SMILES string of the molecule is Cc1cccc(OC(C(C)Cc2ccccc2)N2CCCCC2)c1O. The molecule has 0 radical (unpaired) electrons. The van der Waals surface area contributed by atoms with Crippen molar-refractivity contribution in [3.05, 3.63) is 59.7 Å². The van der Waals surface area contributed by atoms with Gasteiger partial charge >= 0.3 is 0 Å². The predicted molar refractivity (Wildman–Crippen MR) is 102 cm³/mol. The zero-order valence-electron chi connectivity index (χ0n) is 15.3. The summed E-state index contributed by atoms with van der Waals surface area (Å²) in [4.78, 5) is 2.44. The Morgan fingerprint density at radius 1 is 1.00 bits per heavy atom. The van der Waals surface area contributed by atoms with Crippen LogP contribution in [-0.4, -0.2) is 29.3 Å². The van der Waals surface area contributed by atoms with Crippen LogP contribution in [0.5, 0.6) is 11.5 Å². The number of hydrogen-bond acceptors (Lipinski definition) is 3. The Hall–Kier alpha value is -2.00. The molecule has 2 aromatic carbocycles. The van der Waals surface area contributed by atoms with Gasteiger partial charge in [0.2, 0.25) is 0 Å². The molecule has 1 saturated heterocycles. The molecule has 1 heterocycles. The summed E-state index contributed by atoms with van der Waals surface area (Å²) in [5.41, 5.74) is 2.18. The van der Waals surface area contributed by atoms with Crippen LogP contribution in [0.1, 0.15) is 37.3 Å². The lowest BCUT2D eigenvalue weighted by atomic mass is 9.97. The van der Waals surface area contributed by atoms with Gasteiger partial charge in [-0.2, -0.15) is 0 Å². The molecular weight excluding hydrogens is 310 g/mol. The number of ether oxygens (including phenoxy) is 1. The lowest BCUT2D eigenvalue weighted by Gasteiger charge is -2.38. The van der Waals surface area contributed by atoms with Crippen LogP contribution in [0, 0.1) is 12.8 Å². The van der Waals surface area contributed by atoms with E-state index >= 15 is 0 Å². The Morgan fingerprint density at radius 3 is 2.44 bits per heavy atom. The first-order chi connectivity index (χ1) is 12.1. The molecule has 3 rings (SSSR count). The molecule has 3 nitrogen and oxygen atoms in total. The maximum absolute atomic E-state index is 10.4. The normalized spacial score (nSPS) is 17.8. The molecule has 1 N–H and O–H groups in total. The van der Waals surface area contributed by atoms with E-state index < -0.39 is 0 Å². The van der Waals surface area contributed by atoms with Crippen molar-refractivity contribution in [3.8, 4) is 11.5 Å². The van der Waals surface area contributed by atoms with Gasteiger partial charge in [0.1, 0.15) is 0 Å². The van der Waals surface area contributed by atoms with E-state index in [1.807, 2.05) is 25.1 Å². The Labute approximate surface area is 151 Å². The maximum atomic E-state index is 10.4. The van der Waals surface area contributed by atoms with E-state index in [9.17, 15) is 5.11 Å². The number of aryl methyl sites for hydroxylation is 1. The summed E-state index contributed by atoms with van der Waals surface area (Å²) in [6.07, 6.45) is 4.68. The van der Waals surface area contributed by atoms with Crippen molar-refractivity contribution in [2.24, 2.45) is 5.92 Å². The van der Waals surface area contributed by atoms with Gasteiger partial charge in [-0.1, -0.05) is 55.8 Å². The fourth-order valence-electron chi connectivity index (χ4n) is 3.67. The largest absolute Gasteiger partial charge is 0.504 e. The number of likely N-dealkylation sites (tertiary alicyclic amines) is 1. The van der Waals surface area contributed by atoms with Gasteiger partial charge in [-0.3, -0.25) is 4.90 Å². The van der Waals surface area contributed by atoms with Crippen molar-refractivity contribution in [2.75, 3.05) is 13.1 Å². The summed E-state index contributed by atoms with van der Waals surface area (Å²) in [6.45, 7) is 6.29.